The van der Waals surface area contributed by atoms with Crippen molar-refractivity contribution >= 4 is 17.8 Å². The Bertz CT molecular complexity index is 434. The van der Waals surface area contributed by atoms with Gasteiger partial charge < -0.3 is 15.2 Å². The van der Waals surface area contributed by atoms with Crippen molar-refractivity contribution in [1.82, 2.24) is 4.98 Å². The Kier molecular flexibility index (Phi) is 6.35. The summed E-state index contributed by atoms with van der Waals surface area (Å²) in [5.74, 6) is -0.745. The molecule has 1 heterocycles. The highest BCUT2D eigenvalue weighted by Gasteiger charge is 2.12. The number of carboxylic acids is 1. The maximum Gasteiger partial charge on any atom is 0.341 e. The third kappa shape index (κ3) is 5.37. The van der Waals surface area contributed by atoms with Gasteiger partial charge in [-0.15, -0.1) is 0 Å². The summed E-state index contributed by atoms with van der Waals surface area (Å²) < 4.78 is 4.93. The molecule has 1 aromatic rings. The molecule has 0 saturated carbocycles. The van der Waals surface area contributed by atoms with Gasteiger partial charge in [0.25, 0.3) is 0 Å². The van der Waals surface area contributed by atoms with Crippen molar-refractivity contribution in [1.29, 1.82) is 0 Å². The molecule has 0 aromatic carbocycles. The summed E-state index contributed by atoms with van der Waals surface area (Å²) in [6.45, 7) is 2.62. The number of ether oxygens (including phenoxy) is 1. The smallest absolute Gasteiger partial charge is 0.341 e. The number of hydrogen-bond donors (Lipinski definition) is 2. The number of carbonyl (C=O) groups is 2. The van der Waals surface area contributed by atoms with Gasteiger partial charge in [-0.2, -0.15) is 0 Å². The van der Waals surface area contributed by atoms with E-state index < -0.39 is 11.9 Å². The molecule has 0 aliphatic carbocycles. The molecule has 2 N–H and O–H groups in total. The van der Waals surface area contributed by atoms with Crippen LogP contribution < -0.4 is 5.32 Å². The second-order valence-electron chi connectivity index (χ2n) is 3.90. The number of aliphatic carboxylic acids is 1. The van der Waals surface area contributed by atoms with Crippen LogP contribution in [0.5, 0.6) is 0 Å². The van der Waals surface area contributed by atoms with Crippen molar-refractivity contribution < 1.29 is 19.4 Å². The van der Waals surface area contributed by atoms with Crippen LogP contribution >= 0.6 is 0 Å². The highest BCUT2D eigenvalue weighted by Crippen LogP contribution is 2.13. The first-order chi connectivity index (χ1) is 9.15. The van der Waals surface area contributed by atoms with Gasteiger partial charge in [0.2, 0.25) is 0 Å². The van der Waals surface area contributed by atoms with Crippen LogP contribution in [0.2, 0.25) is 0 Å². The van der Waals surface area contributed by atoms with Crippen LogP contribution in [0.4, 0.5) is 5.82 Å². The Morgan fingerprint density at radius 2 is 2.21 bits per heavy atom. The number of aromatic nitrogens is 1. The lowest BCUT2D eigenvalue weighted by Crippen LogP contribution is -2.12. The van der Waals surface area contributed by atoms with Gasteiger partial charge in [-0.25, -0.2) is 9.78 Å². The quantitative estimate of drug-likeness (QED) is 0.552. The van der Waals surface area contributed by atoms with E-state index in [-0.39, 0.29) is 6.42 Å². The summed E-state index contributed by atoms with van der Waals surface area (Å²) in [6.07, 6.45) is 3.02. The topological polar surface area (TPSA) is 88.5 Å². The molecule has 0 atom stereocenters. The molecule has 19 heavy (non-hydrogen) atoms. The minimum absolute atomic E-state index is 0.147. The molecule has 6 heteroatoms. The van der Waals surface area contributed by atoms with Crippen molar-refractivity contribution in [2.45, 2.75) is 26.2 Å². The average Bonchev–Trinajstić information content (AvgIpc) is 2.38. The summed E-state index contributed by atoms with van der Waals surface area (Å²) in [4.78, 5) is 26.1. The van der Waals surface area contributed by atoms with Gasteiger partial charge >= 0.3 is 11.9 Å². The molecule has 6 nitrogen and oxygen atoms in total. The average molecular weight is 266 g/mol. The van der Waals surface area contributed by atoms with E-state index in [9.17, 15) is 9.59 Å². The largest absolute Gasteiger partial charge is 0.481 e. The molecule has 0 aliphatic rings. The summed E-state index contributed by atoms with van der Waals surface area (Å²) >= 11 is 0. The number of esters is 1. The predicted molar refractivity (Wildman–Crippen MR) is 70.2 cm³/mol. The molecule has 0 bridgehead atoms. The van der Waals surface area contributed by atoms with Crippen LogP contribution in [0.25, 0.3) is 0 Å². The molecule has 1 rings (SSSR count). The zero-order valence-corrected chi connectivity index (χ0v) is 10.9. The Hall–Kier alpha value is -2.11. The maximum atomic E-state index is 11.7. The van der Waals surface area contributed by atoms with E-state index in [1.807, 2.05) is 0 Å². The fourth-order valence-corrected chi connectivity index (χ4v) is 1.53. The fraction of sp³-hybridized carbons (Fsp3) is 0.462. The number of anilines is 1. The van der Waals surface area contributed by atoms with Crippen LogP contribution in [-0.4, -0.2) is 35.2 Å². The van der Waals surface area contributed by atoms with Gasteiger partial charge in [-0.1, -0.05) is 0 Å². The predicted octanol–water partition coefficient (Wildman–Crippen LogP) is 1.93. The number of rotatable bonds is 8. The fourth-order valence-electron chi connectivity index (χ4n) is 1.53. The van der Waals surface area contributed by atoms with Crippen LogP contribution in [0.1, 0.15) is 36.5 Å². The number of carbonyl (C=O) groups excluding carboxylic acids is 1. The van der Waals surface area contributed by atoms with Crippen LogP contribution in [0.3, 0.4) is 0 Å². The van der Waals surface area contributed by atoms with E-state index in [2.05, 4.69) is 10.3 Å². The van der Waals surface area contributed by atoms with E-state index in [1.165, 1.54) is 0 Å². The molecule has 0 amide bonds. The van der Waals surface area contributed by atoms with E-state index in [0.29, 0.717) is 37.4 Å². The second-order valence-corrected chi connectivity index (χ2v) is 3.90. The van der Waals surface area contributed by atoms with Crippen LogP contribution in [0.15, 0.2) is 18.3 Å². The van der Waals surface area contributed by atoms with Gasteiger partial charge in [0.05, 0.1) is 6.61 Å². The molecule has 0 aliphatic heterocycles. The van der Waals surface area contributed by atoms with Crippen molar-refractivity contribution in [2.24, 2.45) is 0 Å². The standard InChI is InChI=1S/C13H18N2O4/c1-2-19-13(18)10-6-5-9-15-12(10)14-8-4-3-7-11(16)17/h5-6,9H,2-4,7-8H2,1H3,(H,14,15)(H,16,17). The zero-order chi connectivity index (χ0) is 14.1. The summed E-state index contributed by atoms with van der Waals surface area (Å²) in [5.41, 5.74) is 0.391. The number of hydrogen-bond acceptors (Lipinski definition) is 5. The molecule has 1 aromatic heterocycles. The minimum atomic E-state index is -0.801. The van der Waals surface area contributed by atoms with Crippen molar-refractivity contribution in [2.75, 3.05) is 18.5 Å². The highest BCUT2D eigenvalue weighted by atomic mass is 16.5. The molecule has 0 spiro atoms. The molecular formula is C13H18N2O4. The highest BCUT2D eigenvalue weighted by molar-refractivity contribution is 5.94. The molecule has 104 valence electrons. The van der Waals surface area contributed by atoms with Crippen molar-refractivity contribution in [3.63, 3.8) is 0 Å². The van der Waals surface area contributed by atoms with Crippen molar-refractivity contribution in [3.05, 3.63) is 23.9 Å². The lowest BCUT2D eigenvalue weighted by atomic mass is 10.2. The Morgan fingerprint density at radius 3 is 2.89 bits per heavy atom. The van der Waals surface area contributed by atoms with E-state index >= 15 is 0 Å². The second kappa shape index (κ2) is 8.07. The van der Waals surface area contributed by atoms with Gasteiger partial charge in [-0.3, -0.25) is 4.79 Å². The van der Waals surface area contributed by atoms with Gasteiger partial charge in [0.15, 0.2) is 0 Å². The van der Waals surface area contributed by atoms with Gasteiger partial charge in [-0.05, 0) is 31.9 Å². The zero-order valence-electron chi connectivity index (χ0n) is 10.9. The van der Waals surface area contributed by atoms with Crippen molar-refractivity contribution in [3.8, 4) is 0 Å². The van der Waals surface area contributed by atoms with Crippen LogP contribution in [-0.2, 0) is 9.53 Å². The summed E-state index contributed by atoms with van der Waals surface area (Å²) in [5, 5.41) is 11.5. The Labute approximate surface area is 111 Å². The number of nitrogens with zero attached hydrogens (tertiary/aromatic N) is 1. The van der Waals surface area contributed by atoms with Gasteiger partial charge in [0, 0.05) is 19.2 Å². The number of unbranched alkanes of at least 4 members (excludes halogenated alkanes) is 1. The first-order valence-electron chi connectivity index (χ1n) is 6.23. The molecule has 0 saturated heterocycles. The maximum absolute atomic E-state index is 11.7. The van der Waals surface area contributed by atoms with E-state index in [1.54, 1.807) is 25.3 Å². The monoisotopic (exact) mass is 266 g/mol. The SMILES string of the molecule is CCOC(=O)c1cccnc1NCCCCC(=O)O. The molecule has 0 fully saturated rings. The normalized spacial score (nSPS) is 9.95. The van der Waals surface area contributed by atoms with E-state index in [0.717, 1.165) is 0 Å². The van der Waals surface area contributed by atoms with Crippen LogP contribution in [0, 0.1) is 0 Å². The Morgan fingerprint density at radius 1 is 1.42 bits per heavy atom. The number of nitrogens with one attached hydrogen (secondary N) is 1. The minimum Gasteiger partial charge on any atom is -0.481 e. The first-order valence-corrected chi connectivity index (χ1v) is 6.23. The summed E-state index contributed by atoms with van der Waals surface area (Å²) in [7, 11) is 0. The van der Waals surface area contributed by atoms with Gasteiger partial charge in [0.1, 0.15) is 11.4 Å². The third-order valence-electron chi connectivity index (χ3n) is 2.41. The lowest BCUT2D eigenvalue weighted by molar-refractivity contribution is -0.137. The first kappa shape index (κ1) is 14.9. The third-order valence-corrected chi connectivity index (χ3v) is 2.41. The number of pyridine rings is 1. The molecule has 0 radical (unpaired) electrons. The Balaban J connectivity index is 2.49. The number of carboxylic acid groups (broad SMARTS) is 1. The van der Waals surface area contributed by atoms with E-state index in [4.69, 9.17) is 9.84 Å². The molecule has 0 unspecified atom stereocenters. The lowest BCUT2D eigenvalue weighted by Gasteiger charge is -2.09. The molecular weight excluding hydrogens is 248 g/mol. The summed E-state index contributed by atoms with van der Waals surface area (Å²) in [6, 6.07) is 3.31.